The van der Waals surface area contributed by atoms with Gasteiger partial charge in [-0.05, 0) is 0 Å². The monoisotopic (exact) mass is 132 g/mol. The summed E-state index contributed by atoms with van der Waals surface area (Å²) in [6.07, 6.45) is 0. The molecule has 0 unspecified atom stereocenters. The Morgan fingerprint density at radius 1 is 1.50 bits per heavy atom. The summed E-state index contributed by atoms with van der Waals surface area (Å²) < 4.78 is 28.7. The van der Waals surface area contributed by atoms with E-state index in [0.717, 1.165) is 0 Å². The molecule has 0 aliphatic carbocycles. The van der Waals surface area contributed by atoms with E-state index < -0.39 is 7.99 Å². The second-order valence-electron chi connectivity index (χ2n) is 0.435. The van der Waals surface area contributed by atoms with Gasteiger partial charge in [0.1, 0.15) is 0 Å². The van der Waals surface area contributed by atoms with Crippen LogP contribution in [0.4, 0.5) is 8.39 Å². The molecule has 0 rings (SSSR count). The molecular weight excluding hydrogens is 128 g/mol. The first kappa shape index (κ1) is 9.77. The summed E-state index contributed by atoms with van der Waals surface area (Å²) in [6, 6.07) is 0. The van der Waals surface area contributed by atoms with Crippen LogP contribution in [0.5, 0.6) is 0 Å². The van der Waals surface area contributed by atoms with Crippen molar-refractivity contribution in [2.75, 3.05) is 0 Å². The summed E-state index contributed by atoms with van der Waals surface area (Å²) in [4.78, 5) is 6.74. The molecule has 0 aromatic heterocycles. The van der Waals surface area contributed by atoms with E-state index in [4.69, 9.17) is 9.46 Å². The third kappa shape index (κ3) is 173. The topological polar surface area (TPSA) is 37.3 Å². The number of hydrogen-bond acceptors (Lipinski definition) is 1. The molecular formula is H4AlF2O2P. The SMILES string of the molecule is O=P(O)(F)F.[AlH3]. The molecule has 0 radical (unpaired) electrons. The fraction of sp³-hybridized carbons (Fsp3) is 0. The highest BCUT2D eigenvalue weighted by atomic mass is 31.2. The predicted molar refractivity (Wildman–Crippen MR) is 22.0 cm³/mol. The van der Waals surface area contributed by atoms with Gasteiger partial charge in [0.25, 0.3) is 0 Å². The Balaban J connectivity index is 0. The average Bonchev–Trinajstić information content (AvgIpc) is 0.722. The summed E-state index contributed by atoms with van der Waals surface area (Å²) >= 11 is 0. The summed E-state index contributed by atoms with van der Waals surface area (Å²) in [5, 5.41) is 0. The first-order valence-electron chi connectivity index (χ1n) is 0.721. The lowest BCUT2D eigenvalue weighted by Crippen LogP contribution is -1.45. The van der Waals surface area contributed by atoms with Gasteiger partial charge in [-0.3, -0.25) is 4.89 Å². The summed E-state index contributed by atoms with van der Waals surface area (Å²) in [5.41, 5.74) is 0. The van der Waals surface area contributed by atoms with Crippen molar-refractivity contribution >= 4 is 25.4 Å². The fourth-order valence-electron chi connectivity index (χ4n) is 0. The van der Waals surface area contributed by atoms with Crippen LogP contribution in [0.1, 0.15) is 0 Å². The average molecular weight is 132 g/mol. The van der Waals surface area contributed by atoms with Crippen molar-refractivity contribution in [3.63, 3.8) is 0 Å². The molecule has 0 aliphatic heterocycles. The van der Waals surface area contributed by atoms with Gasteiger partial charge in [-0.25, -0.2) is 4.57 Å². The summed E-state index contributed by atoms with van der Waals surface area (Å²) in [5.74, 6) is 0. The Labute approximate surface area is 44.0 Å². The molecule has 0 aromatic carbocycles. The highest BCUT2D eigenvalue weighted by Gasteiger charge is 2.09. The molecule has 38 valence electrons. The van der Waals surface area contributed by atoms with Gasteiger partial charge in [-0.15, -0.1) is 8.39 Å². The van der Waals surface area contributed by atoms with Crippen LogP contribution >= 0.6 is 7.99 Å². The van der Waals surface area contributed by atoms with Crippen molar-refractivity contribution in [2.24, 2.45) is 0 Å². The minimum Gasteiger partial charge on any atom is -0.296 e. The molecule has 0 heterocycles. The molecule has 2 nitrogen and oxygen atoms in total. The van der Waals surface area contributed by atoms with Gasteiger partial charge in [0, 0.05) is 0 Å². The van der Waals surface area contributed by atoms with Gasteiger partial charge in [-0.1, -0.05) is 0 Å². The van der Waals surface area contributed by atoms with E-state index in [1.54, 1.807) is 0 Å². The third-order valence-corrected chi connectivity index (χ3v) is 0. The van der Waals surface area contributed by atoms with Gasteiger partial charge >= 0.3 is 7.99 Å². The van der Waals surface area contributed by atoms with Crippen LogP contribution < -0.4 is 0 Å². The Bertz CT molecular complexity index is 57.7. The second-order valence-corrected chi connectivity index (χ2v) is 1.30. The molecule has 0 bridgehead atoms. The zero-order valence-corrected chi connectivity index (χ0v) is 2.95. The van der Waals surface area contributed by atoms with E-state index in [1.807, 2.05) is 0 Å². The van der Waals surface area contributed by atoms with Crippen LogP contribution in [0.15, 0.2) is 0 Å². The Hall–Kier alpha value is 0.582. The van der Waals surface area contributed by atoms with Gasteiger partial charge in [0.15, 0.2) is 17.4 Å². The zero-order valence-electron chi connectivity index (χ0n) is 2.06. The lowest BCUT2D eigenvalue weighted by Gasteiger charge is -1.73. The van der Waals surface area contributed by atoms with Crippen molar-refractivity contribution < 1.29 is 17.9 Å². The maximum absolute atomic E-state index is 10.1. The minimum absolute atomic E-state index is 0. The molecule has 6 heavy (non-hydrogen) atoms. The first-order chi connectivity index (χ1) is 2.00. The van der Waals surface area contributed by atoms with Gasteiger partial charge in [0.05, 0.1) is 0 Å². The van der Waals surface area contributed by atoms with Crippen LogP contribution in [0, 0.1) is 0 Å². The van der Waals surface area contributed by atoms with Crippen LogP contribution in [0.25, 0.3) is 0 Å². The van der Waals surface area contributed by atoms with E-state index in [-0.39, 0.29) is 17.4 Å². The number of hydrogen-bond donors (Lipinski definition) is 1. The highest BCUT2D eigenvalue weighted by Crippen LogP contribution is 2.43. The van der Waals surface area contributed by atoms with Crippen LogP contribution in [-0.4, -0.2) is 22.3 Å². The van der Waals surface area contributed by atoms with E-state index in [0.29, 0.717) is 0 Å². The summed E-state index contributed by atoms with van der Waals surface area (Å²) in [7, 11) is -5.64. The standard InChI is InChI=1S/Al.F2HO2P.3H/c;1-5(2,3)4;;;/h;(H,3,4);;;. The minimum atomic E-state index is -5.64. The highest BCUT2D eigenvalue weighted by molar-refractivity contribution is 7.46. The third-order valence-electron chi connectivity index (χ3n) is 0. The molecule has 0 atom stereocenters. The molecule has 1 N–H and O–H groups in total. The maximum Gasteiger partial charge on any atom is 0.549 e. The van der Waals surface area contributed by atoms with Crippen LogP contribution in [0.2, 0.25) is 0 Å². The quantitative estimate of drug-likeness (QED) is 0.367. The van der Waals surface area contributed by atoms with E-state index in [1.165, 1.54) is 0 Å². The molecule has 0 amide bonds. The lowest BCUT2D eigenvalue weighted by atomic mass is 15.9. The van der Waals surface area contributed by atoms with E-state index in [2.05, 4.69) is 0 Å². The van der Waals surface area contributed by atoms with Crippen LogP contribution in [0.3, 0.4) is 0 Å². The largest absolute Gasteiger partial charge is 0.549 e. The maximum atomic E-state index is 10.1. The van der Waals surface area contributed by atoms with E-state index >= 15 is 0 Å². The molecule has 0 spiro atoms. The lowest BCUT2D eigenvalue weighted by molar-refractivity contribution is 0.376. The number of halogens is 2. The normalized spacial score (nSPS) is 9.83. The Morgan fingerprint density at radius 3 is 1.50 bits per heavy atom. The van der Waals surface area contributed by atoms with Gasteiger partial charge in [-0.2, -0.15) is 0 Å². The van der Waals surface area contributed by atoms with Crippen molar-refractivity contribution in [3.05, 3.63) is 0 Å². The second kappa shape index (κ2) is 2.71. The predicted octanol–water partition coefficient (Wildman–Crippen LogP) is -0.158. The molecule has 6 heteroatoms. The smallest absolute Gasteiger partial charge is 0.296 e. The summed E-state index contributed by atoms with van der Waals surface area (Å²) in [6.45, 7) is 0. The van der Waals surface area contributed by atoms with Gasteiger partial charge < -0.3 is 0 Å². The Kier molecular flexibility index (Phi) is 4.40. The van der Waals surface area contributed by atoms with Crippen molar-refractivity contribution in [1.82, 2.24) is 0 Å². The van der Waals surface area contributed by atoms with Crippen molar-refractivity contribution in [3.8, 4) is 0 Å². The molecule has 0 saturated carbocycles. The van der Waals surface area contributed by atoms with Crippen molar-refractivity contribution in [2.45, 2.75) is 0 Å². The van der Waals surface area contributed by atoms with Crippen molar-refractivity contribution in [1.29, 1.82) is 0 Å². The number of rotatable bonds is 0. The van der Waals surface area contributed by atoms with Crippen LogP contribution in [-0.2, 0) is 4.57 Å². The molecule has 0 saturated heterocycles. The molecule has 0 aromatic rings. The first-order valence-corrected chi connectivity index (χ1v) is 2.16. The fourth-order valence-corrected chi connectivity index (χ4v) is 0. The molecule has 0 fully saturated rings. The molecule has 0 aliphatic rings. The Morgan fingerprint density at radius 2 is 1.50 bits per heavy atom. The van der Waals surface area contributed by atoms with Gasteiger partial charge in [0.2, 0.25) is 0 Å². The zero-order chi connectivity index (χ0) is 4.50. The van der Waals surface area contributed by atoms with E-state index in [9.17, 15) is 8.39 Å².